The van der Waals surface area contributed by atoms with Gasteiger partial charge in [-0.3, -0.25) is 14.9 Å². The van der Waals surface area contributed by atoms with Gasteiger partial charge < -0.3 is 29.3 Å². The summed E-state index contributed by atoms with van der Waals surface area (Å²) in [6, 6.07) is 13.8. The standard InChI is InChI=1S/C28H30Cl2N4O6/c1-38-25-7-4-18(14-26(25)39-2)8-9-31-23-17-20(5-6-24(23)34(36)37)32-10-12-33(13-11-32)28(35)19-15-21(29)27(40-3)22(30)16-19/h4-7,14-17,31H,8-13H2,1-3H3. The van der Waals surface area contributed by atoms with E-state index in [1.54, 1.807) is 43.4 Å². The number of hydrogen-bond donors (Lipinski definition) is 1. The fourth-order valence-electron chi connectivity index (χ4n) is 4.63. The van der Waals surface area contributed by atoms with Crippen LogP contribution in [0, 0.1) is 10.1 Å². The predicted octanol–water partition coefficient (Wildman–Crippen LogP) is 5.54. The molecule has 1 saturated heterocycles. The quantitative estimate of drug-likeness (QED) is 0.243. The molecule has 0 aromatic heterocycles. The molecule has 0 unspecified atom stereocenters. The van der Waals surface area contributed by atoms with E-state index < -0.39 is 4.92 Å². The van der Waals surface area contributed by atoms with Gasteiger partial charge in [-0.05, 0) is 48.4 Å². The molecule has 1 fully saturated rings. The molecule has 1 aliphatic heterocycles. The maximum atomic E-state index is 13.1. The molecule has 1 heterocycles. The van der Waals surface area contributed by atoms with Crippen molar-refractivity contribution >= 4 is 46.2 Å². The molecule has 0 radical (unpaired) electrons. The van der Waals surface area contributed by atoms with Crippen molar-refractivity contribution in [1.82, 2.24) is 4.90 Å². The van der Waals surface area contributed by atoms with E-state index in [4.69, 9.17) is 37.4 Å². The van der Waals surface area contributed by atoms with Gasteiger partial charge in [0.2, 0.25) is 0 Å². The van der Waals surface area contributed by atoms with E-state index in [-0.39, 0.29) is 21.6 Å². The molecule has 0 atom stereocenters. The second-order valence-electron chi connectivity index (χ2n) is 9.08. The van der Waals surface area contributed by atoms with Crippen LogP contribution in [0.3, 0.4) is 0 Å². The topological polar surface area (TPSA) is 106 Å². The first kappa shape index (κ1) is 29.1. The molecule has 3 aromatic rings. The number of amides is 1. The lowest BCUT2D eigenvalue weighted by molar-refractivity contribution is -0.383. The second-order valence-corrected chi connectivity index (χ2v) is 9.89. The van der Waals surface area contributed by atoms with Crippen LogP contribution in [0.15, 0.2) is 48.5 Å². The normalized spacial score (nSPS) is 13.1. The highest BCUT2D eigenvalue weighted by Crippen LogP contribution is 2.35. The first-order valence-corrected chi connectivity index (χ1v) is 13.3. The maximum absolute atomic E-state index is 13.1. The number of methoxy groups -OCH3 is 3. The molecule has 212 valence electrons. The molecule has 0 spiro atoms. The zero-order valence-electron chi connectivity index (χ0n) is 22.4. The number of rotatable bonds is 10. The number of hydrogen-bond acceptors (Lipinski definition) is 8. The summed E-state index contributed by atoms with van der Waals surface area (Å²) in [6.45, 7) is 2.55. The molecule has 0 bridgehead atoms. The number of nitro benzene ring substituents is 1. The van der Waals surface area contributed by atoms with E-state index in [0.717, 1.165) is 11.3 Å². The molecule has 1 N–H and O–H groups in total. The Labute approximate surface area is 242 Å². The van der Waals surface area contributed by atoms with Gasteiger partial charge in [0.25, 0.3) is 11.6 Å². The van der Waals surface area contributed by atoms with Crippen molar-refractivity contribution < 1.29 is 23.9 Å². The van der Waals surface area contributed by atoms with E-state index in [1.807, 2.05) is 18.2 Å². The number of halogens is 2. The minimum Gasteiger partial charge on any atom is -0.494 e. The summed E-state index contributed by atoms with van der Waals surface area (Å²) < 4.78 is 15.8. The molecule has 3 aromatic carbocycles. The van der Waals surface area contributed by atoms with Gasteiger partial charge in [0.05, 0.1) is 36.3 Å². The zero-order valence-corrected chi connectivity index (χ0v) is 23.9. The Bertz CT molecular complexity index is 1370. The lowest BCUT2D eigenvalue weighted by atomic mass is 10.1. The van der Waals surface area contributed by atoms with Gasteiger partial charge in [0.15, 0.2) is 17.2 Å². The summed E-state index contributed by atoms with van der Waals surface area (Å²) in [5.41, 5.74) is 2.66. The minimum absolute atomic E-state index is 0.00172. The number of nitrogens with zero attached hydrogens (tertiary/aromatic N) is 3. The Morgan fingerprint density at radius 2 is 1.60 bits per heavy atom. The maximum Gasteiger partial charge on any atom is 0.292 e. The number of nitro groups is 1. The molecule has 10 nitrogen and oxygen atoms in total. The predicted molar refractivity (Wildman–Crippen MR) is 156 cm³/mol. The highest BCUT2D eigenvalue weighted by molar-refractivity contribution is 6.37. The fourth-order valence-corrected chi connectivity index (χ4v) is 5.27. The van der Waals surface area contributed by atoms with E-state index in [9.17, 15) is 14.9 Å². The first-order valence-electron chi connectivity index (χ1n) is 12.6. The number of nitrogens with one attached hydrogen (secondary N) is 1. The number of ether oxygens (including phenoxy) is 3. The smallest absolute Gasteiger partial charge is 0.292 e. The molecule has 0 saturated carbocycles. The number of anilines is 2. The summed E-state index contributed by atoms with van der Waals surface area (Å²) in [4.78, 5) is 28.2. The summed E-state index contributed by atoms with van der Waals surface area (Å²) in [5.74, 6) is 1.42. The van der Waals surface area contributed by atoms with E-state index in [1.165, 1.54) is 13.2 Å². The molecule has 4 rings (SSSR count). The Hall–Kier alpha value is -3.89. The Balaban J connectivity index is 1.41. The third kappa shape index (κ3) is 6.46. The summed E-state index contributed by atoms with van der Waals surface area (Å²) in [5, 5.41) is 15.4. The van der Waals surface area contributed by atoms with Gasteiger partial charge in [-0.25, -0.2) is 0 Å². The molecule has 12 heteroatoms. The molecule has 40 heavy (non-hydrogen) atoms. The van der Waals surface area contributed by atoms with Crippen LogP contribution in [0.2, 0.25) is 10.0 Å². The van der Waals surface area contributed by atoms with Gasteiger partial charge in [-0.2, -0.15) is 0 Å². The molecule has 1 aliphatic rings. The van der Waals surface area contributed by atoms with Crippen molar-refractivity contribution in [3.05, 3.63) is 79.8 Å². The number of carbonyl (C=O) groups excluding carboxylic acids is 1. The lowest BCUT2D eigenvalue weighted by Gasteiger charge is -2.36. The van der Waals surface area contributed by atoms with Gasteiger partial charge in [-0.15, -0.1) is 0 Å². The van der Waals surface area contributed by atoms with E-state index in [2.05, 4.69) is 10.2 Å². The van der Waals surface area contributed by atoms with Crippen LogP contribution >= 0.6 is 23.2 Å². The third-order valence-electron chi connectivity index (χ3n) is 6.74. The van der Waals surface area contributed by atoms with Gasteiger partial charge in [0, 0.05) is 50.0 Å². The van der Waals surface area contributed by atoms with Crippen molar-refractivity contribution in [1.29, 1.82) is 0 Å². The largest absolute Gasteiger partial charge is 0.494 e. The monoisotopic (exact) mass is 588 g/mol. The highest BCUT2D eigenvalue weighted by Gasteiger charge is 2.25. The highest BCUT2D eigenvalue weighted by atomic mass is 35.5. The first-order chi connectivity index (χ1) is 19.2. The van der Waals surface area contributed by atoms with Crippen molar-refractivity contribution in [3.8, 4) is 17.2 Å². The average molecular weight is 589 g/mol. The van der Waals surface area contributed by atoms with E-state index >= 15 is 0 Å². The van der Waals surface area contributed by atoms with Crippen LogP contribution in [0.4, 0.5) is 17.1 Å². The van der Waals surface area contributed by atoms with Crippen LogP contribution in [0.1, 0.15) is 15.9 Å². The Morgan fingerprint density at radius 1 is 0.925 bits per heavy atom. The van der Waals surface area contributed by atoms with Crippen LogP contribution < -0.4 is 24.4 Å². The zero-order chi connectivity index (χ0) is 28.8. The van der Waals surface area contributed by atoms with Crippen LogP contribution in [0.5, 0.6) is 17.2 Å². The van der Waals surface area contributed by atoms with Crippen LogP contribution in [-0.2, 0) is 6.42 Å². The van der Waals surface area contributed by atoms with Crippen LogP contribution in [0.25, 0.3) is 0 Å². The lowest BCUT2D eigenvalue weighted by Crippen LogP contribution is -2.48. The third-order valence-corrected chi connectivity index (χ3v) is 7.30. The van der Waals surface area contributed by atoms with Crippen molar-refractivity contribution in [2.75, 3.05) is 64.3 Å². The summed E-state index contributed by atoms with van der Waals surface area (Å²) in [6.07, 6.45) is 0.627. The summed E-state index contributed by atoms with van der Waals surface area (Å²) >= 11 is 12.4. The minimum atomic E-state index is -0.399. The van der Waals surface area contributed by atoms with Gasteiger partial charge >= 0.3 is 0 Å². The average Bonchev–Trinajstić information content (AvgIpc) is 2.96. The van der Waals surface area contributed by atoms with Crippen molar-refractivity contribution in [3.63, 3.8) is 0 Å². The van der Waals surface area contributed by atoms with Crippen molar-refractivity contribution in [2.45, 2.75) is 6.42 Å². The molecule has 0 aliphatic carbocycles. The van der Waals surface area contributed by atoms with Gasteiger partial charge in [-0.1, -0.05) is 29.3 Å². The SMILES string of the molecule is COc1ccc(CCNc2cc(N3CCN(C(=O)c4cc(Cl)c(OC)c(Cl)c4)CC3)ccc2[N+](=O)[O-])cc1OC. The Morgan fingerprint density at radius 3 is 2.20 bits per heavy atom. The number of benzene rings is 3. The van der Waals surface area contributed by atoms with E-state index in [0.29, 0.717) is 67.6 Å². The number of piperazine rings is 1. The second kappa shape index (κ2) is 13.0. The molecule has 1 amide bonds. The Kier molecular flexibility index (Phi) is 9.44. The van der Waals surface area contributed by atoms with Gasteiger partial charge in [0.1, 0.15) is 5.69 Å². The van der Waals surface area contributed by atoms with Crippen molar-refractivity contribution in [2.24, 2.45) is 0 Å². The van der Waals surface area contributed by atoms with Crippen LogP contribution in [-0.4, -0.2) is 69.8 Å². The molecular weight excluding hydrogens is 559 g/mol. The summed E-state index contributed by atoms with van der Waals surface area (Å²) in [7, 11) is 4.62. The fraction of sp³-hybridized carbons (Fsp3) is 0.321. The number of carbonyl (C=O) groups is 1. The molecular formula is C28H30Cl2N4O6.